The van der Waals surface area contributed by atoms with E-state index < -0.39 is 0 Å². The fourth-order valence-corrected chi connectivity index (χ4v) is 0. The van der Waals surface area contributed by atoms with Crippen molar-refractivity contribution in [3.63, 3.8) is 0 Å². The summed E-state index contributed by atoms with van der Waals surface area (Å²) in [6.07, 6.45) is 3.94. The Morgan fingerprint density at radius 2 is 0.846 bits per heavy atom. The van der Waals surface area contributed by atoms with Gasteiger partial charge in [0.15, 0.2) is 0 Å². The quantitative estimate of drug-likeness (QED) is 0.477. The van der Waals surface area contributed by atoms with Crippen molar-refractivity contribution in [2.45, 2.75) is 83.6 Å². The Hall–Kier alpha value is 0. The second kappa shape index (κ2) is 40.3. The van der Waals surface area contributed by atoms with Crippen molar-refractivity contribution in [3.8, 4) is 0 Å². The van der Waals surface area contributed by atoms with Crippen LogP contribution in [-0.2, 0) is 0 Å². The van der Waals surface area contributed by atoms with Crippen molar-refractivity contribution in [3.05, 3.63) is 0 Å². The smallest absolute Gasteiger partial charge is 0.0474 e. The van der Waals surface area contributed by atoms with Crippen LogP contribution in [0.2, 0.25) is 0 Å². The molecule has 0 aliphatic carbocycles. The lowest BCUT2D eigenvalue weighted by Gasteiger charge is -1.90. The van der Waals surface area contributed by atoms with Crippen molar-refractivity contribution in [1.29, 1.82) is 0 Å². The van der Waals surface area contributed by atoms with Gasteiger partial charge in [0.05, 0.1) is 0 Å². The van der Waals surface area contributed by atoms with E-state index in [2.05, 4.69) is 34.6 Å². The summed E-state index contributed by atoms with van der Waals surface area (Å²) in [6, 6.07) is 0. The minimum Gasteiger partial charge on any atom is -0.0776 e. The maximum Gasteiger partial charge on any atom is -0.0474 e. The lowest BCUT2D eigenvalue weighted by molar-refractivity contribution is 0.626. The van der Waals surface area contributed by atoms with Crippen molar-refractivity contribution >= 4 is 0 Å². The minimum atomic E-state index is 0. The molecule has 0 aliphatic heterocycles. The Morgan fingerprint density at radius 3 is 0.846 bits per heavy atom. The van der Waals surface area contributed by atoms with Gasteiger partial charge in [0.25, 0.3) is 0 Å². The average molecular weight is 194 g/mol. The van der Waals surface area contributed by atoms with E-state index in [4.69, 9.17) is 0 Å². The van der Waals surface area contributed by atoms with E-state index in [1.54, 1.807) is 0 Å². The molecule has 0 rings (SSSR count). The highest BCUT2D eigenvalue weighted by Crippen LogP contribution is 1.93. The molecular weight excluding hydrogens is 156 g/mol. The van der Waals surface area contributed by atoms with E-state index >= 15 is 0 Å². The van der Waals surface area contributed by atoms with Crippen LogP contribution in [0.25, 0.3) is 0 Å². The monoisotopic (exact) mass is 194 g/mol. The van der Waals surface area contributed by atoms with Gasteiger partial charge in [-0.05, 0) is 5.92 Å². The fraction of sp³-hybridized carbons (Fsp3) is 1.00. The lowest BCUT2D eigenvalue weighted by atomic mass is 10.2. The molecule has 0 radical (unpaired) electrons. The van der Waals surface area contributed by atoms with Crippen molar-refractivity contribution in [1.82, 2.24) is 0 Å². The van der Waals surface area contributed by atoms with Gasteiger partial charge in [-0.15, -0.1) is 0 Å². The molecule has 0 fully saturated rings. The summed E-state index contributed by atoms with van der Waals surface area (Å²) in [6.45, 7) is 11.0. The molecule has 0 unspecified atom stereocenters. The van der Waals surface area contributed by atoms with Crippen molar-refractivity contribution in [2.24, 2.45) is 5.92 Å². The highest BCUT2D eigenvalue weighted by atomic mass is 13.9. The van der Waals surface area contributed by atoms with Crippen LogP contribution >= 0.6 is 0 Å². The van der Waals surface area contributed by atoms with E-state index in [-0.39, 0.29) is 29.7 Å². The van der Waals surface area contributed by atoms with Gasteiger partial charge in [0.1, 0.15) is 0 Å². The molecule has 0 heterocycles. The molecule has 0 bridgehead atoms. The molecule has 0 aliphatic rings. The molecule has 0 amide bonds. The molecule has 0 aromatic rings. The van der Waals surface area contributed by atoms with E-state index in [1.807, 2.05) is 0 Å². The summed E-state index contributed by atoms with van der Waals surface area (Å²) in [7, 11) is 0. The van der Waals surface area contributed by atoms with Gasteiger partial charge in [-0.3, -0.25) is 0 Å². The Balaban J connectivity index is -0.0000000146. The first-order valence-electron chi connectivity index (χ1n) is 4.18. The zero-order valence-electron chi connectivity index (χ0n) is 7.70. The first-order valence-corrected chi connectivity index (χ1v) is 4.18. The molecule has 0 N–H and O–H groups in total. The summed E-state index contributed by atoms with van der Waals surface area (Å²) in [5.41, 5.74) is 0. The molecule has 0 saturated carbocycles. The van der Waals surface area contributed by atoms with Crippen LogP contribution in [0.15, 0.2) is 0 Å². The molecule has 0 aromatic heterocycles. The Morgan fingerprint density at radius 1 is 0.692 bits per heavy atom. The summed E-state index contributed by atoms with van der Waals surface area (Å²) < 4.78 is 0. The summed E-state index contributed by atoms with van der Waals surface area (Å²) in [5.74, 6) is 0.884. The third kappa shape index (κ3) is 133. The minimum absolute atomic E-state index is 0. The first-order chi connectivity index (χ1) is 4.18. The van der Waals surface area contributed by atoms with Crippen LogP contribution in [0.5, 0.6) is 0 Å². The SMILES string of the molecule is C.C.C.C.CCC(C)C.CCCC. The van der Waals surface area contributed by atoms with Gasteiger partial charge in [0, 0.05) is 0 Å². The average Bonchev–Trinajstić information content (AvgIpc) is 1.89. The van der Waals surface area contributed by atoms with E-state index in [0.29, 0.717) is 0 Å². The third-order valence-corrected chi connectivity index (χ3v) is 1.32. The van der Waals surface area contributed by atoms with Crippen LogP contribution in [0.4, 0.5) is 0 Å². The number of hydrogen-bond acceptors (Lipinski definition) is 0. The molecule has 0 saturated heterocycles. The molecule has 0 spiro atoms. The zero-order valence-corrected chi connectivity index (χ0v) is 7.70. The lowest BCUT2D eigenvalue weighted by Crippen LogP contribution is -1.77. The first kappa shape index (κ1) is 38.2. The zero-order chi connectivity index (χ0) is 7.70. The second-order valence-corrected chi connectivity index (χ2v) is 2.80. The van der Waals surface area contributed by atoms with Gasteiger partial charge < -0.3 is 0 Å². The highest BCUT2D eigenvalue weighted by molar-refractivity contribution is 4.32. The molecule has 0 atom stereocenters. The van der Waals surface area contributed by atoms with Crippen LogP contribution in [0, 0.1) is 5.92 Å². The van der Waals surface area contributed by atoms with Gasteiger partial charge in [-0.1, -0.05) is 83.6 Å². The number of unbranched alkanes of at least 4 members (excludes halogenated alkanes) is 1. The molecule has 13 heavy (non-hydrogen) atoms. The van der Waals surface area contributed by atoms with Gasteiger partial charge in [-0.2, -0.15) is 0 Å². The summed E-state index contributed by atoms with van der Waals surface area (Å²) in [4.78, 5) is 0. The fourth-order valence-electron chi connectivity index (χ4n) is 0. The van der Waals surface area contributed by atoms with Crippen LogP contribution in [-0.4, -0.2) is 0 Å². The molecule has 0 nitrogen and oxygen atoms in total. The van der Waals surface area contributed by atoms with Crippen molar-refractivity contribution < 1.29 is 0 Å². The van der Waals surface area contributed by atoms with Crippen LogP contribution in [0.3, 0.4) is 0 Å². The molecular formula is C13H38. The van der Waals surface area contributed by atoms with Crippen molar-refractivity contribution in [2.75, 3.05) is 0 Å². The van der Waals surface area contributed by atoms with Gasteiger partial charge >= 0.3 is 0 Å². The summed E-state index contributed by atoms with van der Waals surface area (Å²) in [5, 5.41) is 0. The van der Waals surface area contributed by atoms with Gasteiger partial charge in [-0.25, -0.2) is 0 Å². The highest BCUT2D eigenvalue weighted by Gasteiger charge is 1.80. The van der Waals surface area contributed by atoms with Crippen LogP contribution < -0.4 is 0 Å². The maximum atomic E-state index is 2.22. The van der Waals surface area contributed by atoms with E-state index in [1.165, 1.54) is 19.3 Å². The molecule has 0 heteroatoms. The molecule has 90 valence electrons. The summed E-state index contributed by atoms with van der Waals surface area (Å²) >= 11 is 0. The van der Waals surface area contributed by atoms with Gasteiger partial charge in [0.2, 0.25) is 0 Å². The van der Waals surface area contributed by atoms with E-state index in [9.17, 15) is 0 Å². The number of rotatable bonds is 2. The Labute approximate surface area is 90.1 Å². The maximum absolute atomic E-state index is 2.22. The third-order valence-electron chi connectivity index (χ3n) is 1.32. The standard InChI is InChI=1S/C5H12.C4H10.4CH4/c1-4-5(2)3;1-3-4-2;;;;/h5H,4H2,1-3H3;3-4H2,1-2H3;4*1H4. The number of hydrogen-bond donors (Lipinski definition) is 0. The second-order valence-electron chi connectivity index (χ2n) is 2.80. The van der Waals surface area contributed by atoms with Crippen LogP contribution in [0.1, 0.15) is 83.6 Å². The topological polar surface area (TPSA) is 0 Å². The van der Waals surface area contributed by atoms with E-state index in [0.717, 1.165) is 5.92 Å². The Kier molecular flexibility index (Phi) is 119. The Bertz CT molecular complexity index is 27.0. The molecule has 0 aromatic carbocycles. The largest absolute Gasteiger partial charge is 0.0776 e. The normalized spacial score (nSPS) is 6.00. The predicted octanol–water partition coefficient (Wildman–Crippen LogP) is 6.40. The predicted molar refractivity (Wildman–Crippen MR) is 72.6 cm³/mol.